The Kier molecular flexibility index (Phi) is 2.90. The monoisotopic (exact) mass is 169 g/mol. The van der Waals surface area contributed by atoms with Crippen molar-refractivity contribution < 1.29 is 19.4 Å². The molecule has 1 aromatic rings. The van der Waals surface area contributed by atoms with Crippen molar-refractivity contribution in [2.24, 2.45) is 0 Å². The number of methoxy groups -OCH3 is 1. The zero-order valence-corrected chi connectivity index (χ0v) is 6.47. The van der Waals surface area contributed by atoms with Crippen LogP contribution in [0.3, 0.4) is 0 Å². The van der Waals surface area contributed by atoms with E-state index in [0.717, 1.165) is 0 Å². The number of ether oxygens (including phenoxy) is 1. The minimum atomic E-state index is -1.86. The van der Waals surface area contributed by atoms with Gasteiger partial charge in [0.25, 0.3) is 5.88 Å². The van der Waals surface area contributed by atoms with Gasteiger partial charge in [0.2, 0.25) is 0 Å². The highest BCUT2D eigenvalue weighted by Gasteiger charge is 2.14. The Labute approximate surface area is 69.8 Å². The highest BCUT2D eigenvalue weighted by molar-refractivity contribution is 6.33. The van der Waals surface area contributed by atoms with Crippen LogP contribution in [0.1, 0.15) is 0 Å². The van der Waals surface area contributed by atoms with E-state index in [4.69, 9.17) is 14.8 Å². The molecule has 0 aliphatic heterocycles. The average molecular weight is 169 g/mol. The van der Waals surface area contributed by atoms with Gasteiger partial charge in [0, 0.05) is 6.20 Å². The zero-order valence-electron chi connectivity index (χ0n) is 6.47. The molecule has 0 bridgehead atoms. The van der Waals surface area contributed by atoms with E-state index in [1.807, 2.05) is 0 Å². The summed E-state index contributed by atoms with van der Waals surface area (Å²) in [5, 5.41) is 17.0. The van der Waals surface area contributed by atoms with Crippen LogP contribution in [0.15, 0.2) is 18.3 Å². The number of hydrogen-bond acceptors (Lipinski definition) is 5. The van der Waals surface area contributed by atoms with E-state index >= 15 is 0 Å². The Balaban J connectivity index is 2.82. The summed E-state index contributed by atoms with van der Waals surface area (Å²) in [4.78, 5) is 3.78. The minimum absolute atomic E-state index is 0.190. The predicted molar refractivity (Wildman–Crippen MR) is 41.6 cm³/mol. The van der Waals surface area contributed by atoms with E-state index < -0.39 is 7.32 Å². The minimum Gasteiger partial charge on any atom is -0.508 e. The number of nitrogens with zero attached hydrogens (tertiary/aromatic N) is 1. The van der Waals surface area contributed by atoms with E-state index in [-0.39, 0.29) is 11.6 Å². The molecule has 0 atom stereocenters. The molecule has 0 saturated carbocycles. The third kappa shape index (κ3) is 2.11. The van der Waals surface area contributed by atoms with E-state index in [2.05, 4.69) is 9.64 Å². The van der Waals surface area contributed by atoms with Crippen molar-refractivity contribution in [3.63, 3.8) is 0 Å². The van der Waals surface area contributed by atoms with Crippen LogP contribution in [0.2, 0.25) is 0 Å². The second-order valence-electron chi connectivity index (χ2n) is 1.95. The number of pyridine rings is 1. The Morgan fingerprint density at radius 2 is 2.25 bits per heavy atom. The molecule has 12 heavy (non-hydrogen) atoms. The summed E-state index contributed by atoms with van der Waals surface area (Å²) in [6, 6.07) is 3.12. The number of rotatable bonds is 3. The Bertz CT molecular complexity index is 255. The molecule has 64 valence electrons. The second-order valence-corrected chi connectivity index (χ2v) is 1.95. The lowest BCUT2D eigenvalue weighted by Gasteiger charge is -2.07. The molecule has 1 aromatic heterocycles. The van der Waals surface area contributed by atoms with Crippen LogP contribution in [0.4, 0.5) is 0 Å². The van der Waals surface area contributed by atoms with Crippen LogP contribution in [-0.2, 0) is 0 Å². The van der Waals surface area contributed by atoms with Crippen LogP contribution in [0.5, 0.6) is 11.6 Å². The van der Waals surface area contributed by atoms with Crippen LogP contribution in [0, 0.1) is 0 Å². The van der Waals surface area contributed by atoms with Crippen LogP contribution >= 0.6 is 0 Å². The average Bonchev–Trinajstić information content (AvgIpc) is 2.04. The van der Waals surface area contributed by atoms with Crippen molar-refractivity contribution in [1.82, 2.24) is 4.98 Å². The van der Waals surface area contributed by atoms with Crippen LogP contribution in [-0.4, -0.2) is 29.5 Å². The molecule has 0 radical (unpaired) electrons. The largest absolute Gasteiger partial charge is 0.707 e. The van der Waals surface area contributed by atoms with E-state index in [9.17, 15) is 0 Å². The van der Waals surface area contributed by atoms with Crippen molar-refractivity contribution in [1.29, 1.82) is 0 Å². The number of aromatic nitrogens is 1. The summed E-state index contributed by atoms with van der Waals surface area (Å²) in [7, 11) is -0.443. The number of hydrogen-bond donors (Lipinski definition) is 2. The quantitative estimate of drug-likeness (QED) is 0.593. The third-order valence-electron chi connectivity index (χ3n) is 1.16. The van der Waals surface area contributed by atoms with Crippen LogP contribution < -0.4 is 9.39 Å². The summed E-state index contributed by atoms with van der Waals surface area (Å²) in [6.45, 7) is 0. The molecule has 0 saturated heterocycles. The second kappa shape index (κ2) is 3.94. The van der Waals surface area contributed by atoms with Gasteiger partial charge in [0.1, 0.15) is 0 Å². The third-order valence-corrected chi connectivity index (χ3v) is 1.16. The first-order valence-corrected chi connectivity index (χ1v) is 3.26. The molecule has 6 heteroatoms. The SMILES string of the molecule is COc1ncccc1OB(O)O. The van der Waals surface area contributed by atoms with Gasteiger partial charge in [-0.2, -0.15) is 0 Å². The predicted octanol–water partition coefficient (Wildman–Crippen LogP) is -0.562. The maximum Gasteiger partial charge on any atom is 0.707 e. The van der Waals surface area contributed by atoms with Gasteiger partial charge in [-0.25, -0.2) is 4.98 Å². The molecule has 0 unspecified atom stereocenters. The van der Waals surface area contributed by atoms with Gasteiger partial charge in [0.05, 0.1) is 7.11 Å². The Morgan fingerprint density at radius 1 is 1.50 bits per heavy atom. The van der Waals surface area contributed by atoms with E-state index in [1.165, 1.54) is 19.4 Å². The highest BCUT2D eigenvalue weighted by atomic mass is 16.6. The molecule has 2 N–H and O–H groups in total. The fraction of sp³-hybridized carbons (Fsp3) is 0.167. The van der Waals surface area contributed by atoms with Gasteiger partial charge in [0.15, 0.2) is 5.75 Å². The molecule has 0 amide bonds. The molecule has 1 heterocycles. The Hall–Kier alpha value is -1.27. The Morgan fingerprint density at radius 3 is 2.83 bits per heavy atom. The topological polar surface area (TPSA) is 71.8 Å². The molecule has 0 fully saturated rings. The van der Waals surface area contributed by atoms with E-state index in [0.29, 0.717) is 0 Å². The molecule has 5 nitrogen and oxygen atoms in total. The van der Waals surface area contributed by atoms with Crippen molar-refractivity contribution >= 4 is 7.32 Å². The molecular formula is C6H8BNO4. The van der Waals surface area contributed by atoms with Gasteiger partial charge >= 0.3 is 7.32 Å². The van der Waals surface area contributed by atoms with Crippen LogP contribution in [0.25, 0.3) is 0 Å². The van der Waals surface area contributed by atoms with Crippen molar-refractivity contribution in [2.45, 2.75) is 0 Å². The smallest absolute Gasteiger partial charge is 0.508 e. The normalized spacial score (nSPS) is 9.25. The molecule has 1 rings (SSSR count). The van der Waals surface area contributed by atoms with Crippen molar-refractivity contribution in [3.05, 3.63) is 18.3 Å². The maximum absolute atomic E-state index is 8.48. The first kappa shape index (κ1) is 8.83. The van der Waals surface area contributed by atoms with Gasteiger partial charge in [-0.1, -0.05) is 0 Å². The van der Waals surface area contributed by atoms with Gasteiger partial charge < -0.3 is 19.4 Å². The summed E-state index contributed by atoms with van der Waals surface area (Å²) in [6.07, 6.45) is 1.51. The standard InChI is InChI=1S/C6H8BNO4/c1-11-6-5(12-7(9)10)3-2-4-8-6/h2-4,9-10H,1H3. The zero-order chi connectivity index (χ0) is 8.97. The van der Waals surface area contributed by atoms with E-state index in [1.54, 1.807) is 6.07 Å². The molecular weight excluding hydrogens is 161 g/mol. The lowest BCUT2D eigenvalue weighted by molar-refractivity contribution is 0.277. The van der Waals surface area contributed by atoms with Gasteiger partial charge in [-0.05, 0) is 12.1 Å². The lowest BCUT2D eigenvalue weighted by Crippen LogP contribution is -2.21. The molecule has 0 spiro atoms. The maximum atomic E-state index is 8.48. The summed E-state index contributed by atoms with van der Waals surface area (Å²) < 4.78 is 9.35. The summed E-state index contributed by atoms with van der Waals surface area (Å²) in [5.41, 5.74) is 0. The highest BCUT2D eigenvalue weighted by Crippen LogP contribution is 2.22. The molecule has 0 aromatic carbocycles. The van der Waals surface area contributed by atoms with Crippen molar-refractivity contribution in [3.8, 4) is 11.6 Å². The fourth-order valence-corrected chi connectivity index (χ4v) is 0.733. The first-order chi connectivity index (χ1) is 5.74. The van der Waals surface area contributed by atoms with Gasteiger partial charge in [-0.3, -0.25) is 0 Å². The fourth-order valence-electron chi connectivity index (χ4n) is 0.733. The summed E-state index contributed by atoms with van der Waals surface area (Å²) >= 11 is 0. The van der Waals surface area contributed by atoms with Crippen molar-refractivity contribution in [2.75, 3.05) is 7.11 Å². The summed E-state index contributed by atoms with van der Waals surface area (Å²) in [5.74, 6) is 0.403. The van der Waals surface area contributed by atoms with Gasteiger partial charge in [-0.15, -0.1) is 0 Å². The first-order valence-electron chi connectivity index (χ1n) is 3.26. The lowest BCUT2D eigenvalue weighted by atomic mass is 10.2. The molecule has 0 aliphatic carbocycles. The molecule has 0 aliphatic rings.